The molecule has 43 heavy (non-hydrogen) atoms. The van der Waals surface area contributed by atoms with Crippen molar-refractivity contribution in [2.24, 2.45) is 0 Å². The summed E-state index contributed by atoms with van der Waals surface area (Å²) in [5.74, 6) is 1.49. The van der Waals surface area contributed by atoms with Crippen LogP contribution in [0.15, 0.2) is 60.8 Å². The van der Waals surface area contributed by atoms with E-state index >= 15 is 0 Å². The zero-order chi connectivity index (χ0) is 31.2. The average molecular weight is 609 g/mol. The van der Waals surface area contributed by atoms with Gasteiger partial charge in [0.05, 0.1) is 37.0 Å². The van der Waals surface area contributed by atoms with Gasteiger partial charge in [-0.3, -0.25) is 4.72 Å². The fourth-order valence-corrected chi connectivity index (χ4v) is 4.81. The second-order valence-corrected chi connectivity index (χ2v) is 12.5. The number of rotatable bonds is 11. The average Bonchev–Trinajstić information content (AvgIpc) is 2.93. The standard InChI is InChI=1S/C30H36N6O6S/c1-30(2,3)19-17-23(27(41-5)24(18-19)36-43(6,38)39)34-29(37)33-22-11-12-25(21-10-8-7-9-20(21)22)42-26-13-14-31-28(35-26)32-15-16-40-4/h7-14,17-18,36H,15-16H2,1-6H3,(H,31,32,35)(H2,33,34,37). The van der Waals surface area contributed by atoms with Crippen molar-refractivity contribution in [1.82, 2.24) is 9.97 Å². The molecule has 0 unspecified atom stereocenters. The number of nitrogens with zero attached hydrogens (tertiary/aromatic N) is 2. The number of urea groups is 1. The number of sulfonamides is 1. The Morgan fingerprint density at radius 3 is 2.30 bits per heavy atom. The van der Waals surface area contributed by atoms with E-state index in [-0.39, 0.29) is 16.9 Å². The summed E-state index contributed by atoms with van der Waals surface area (Å²) in [6, 6.07) is 15.5. The maximum atomic E-state index is 13.3. The highest BCUT2D eigenvalue weighted by molar-refractivity contribution is 7.92. The second-order valence-electron chi connectivity index (χ2n) is 10.7. The minimum absolute atomic E-state index is 0.183. The quantitative estimate of drug-likeness (QED) is 0.155. The van der Waals surface area contributed by atoms with E-state index in [1.807, 2.05) is 45.0 Å². The molecule has 0 aliphatic carbocycles. The summed E-state index contributed by atoms with van der Waals surface area (Å²) in [5.41, 5.74) is 1.51. The van der Waals surface area contributed by atoms with Gasteiger partial charge in [-0.05, 0) is 35.2 Å². The number of methoxy groups -OCH3 is 2. The first-order valence-corrected chi connectivity index (χ1v) is 15.3. The Morgan fingerprint density at radius 2 is 1.63 bits per heavy atom. The molecule has 4 rings (SSSR count). The molecule has 13 heteroatoms. The van der Waals surface area contributed by atoms with Crippen molar-refractivity contribution < 1.29 is 27.4 Å². The molecule has 0 spiro atoms. The number of benzene rings is 3. The van der Waals surface area contributed by atoms with Crippen molar-refractivity contribution in [1.29, 1.82) is 0 Å². The van der Waals surface area contributed by atoms with E-state index in [0.29, 0.717) is 42.1 Å². The van der Waals surface area contributed by atoms with E-state index in [0.717, 1.165) is 22.6 Å². The minimum Gasteiger partial charge on any atom is -0.492 e. The third kappa shape index (κ3) is 8.23. The van der Waals surface area contributed by atoms with Crippen LogP contribution in [-0.2, 0) is 20.2 Å². The van der Waals surface area contributed by atoms with Crippen LogP contribution in [0.5, 0.6) is 17.4 Å². The topological polar surface area (TPSA) is 153 Å². The first-order valence-electron chi connectivity index (χ1n) is 13.4. The third-order valence-corrected chi connectivity index (χ3v) is 6.86. The van der Waals surface area contributed by atoms with Gasteiger partial charge in [0.2, 0.25) is 21.9 Å². The molecule has 0 fully saturated rings. The molecule has 0 saturated carbocycles. The zero-order valence-electron chi connectivity index (χ0n) is 24.9. The SMILES string of the molecule is COCCNc1nccc(Oc2ccc(NC(=O)Nc3cc(C(C)(C)C)cc(NS(C)(=O)=O)c3OC)c3ccccc23)n1. The fourth-order valence-electron chi connectivity index (χ4n) is 4.26. The number of carbonyl (C=O) groups is 1. The van der Waals surface area contributed by atoms with Crippen LogP contribution in [0.25, 0.3) is 10.8 Å². The van der Waals surface area contributed by atoms with Crippen LogP contribution < -0.4 is 30.1 Å². The Labute approximate surface area is 251 Å². The molecule has 228 valence electrons. The molecule has 2 amide bonds. The summed E-state index contributed by atoms with van der Waals surface area (Å²) < 4.78 is 43.2. The van der Waals surface area contributed by atoms with E-state index < -0.39 is 16.1 Å². The van der Waals surface area contributed by atoms with Gasteiger partial charge in [0, 0.05) is 36.7 Å². The van der Waals surface area contributed by atoms with Gasteiger partial charge < -0.3 is 30.2 Å². The van der Waals surface area contributed by atoms with Crippen LogP contribution in [-0.4, -0.2) is 58.0 Å². The molecule has 0 bridgehead atoms. The molecule has 4 aromatic rings. The minimum atomic E-state index is -3.61. The van der Waals surface area contributed by atoms with Gasteiger partial charge in [-0.2, -0.15) is 4.98 Å². The molecular weight excluding hydrogens is 572 g/mol. The van der Waals surface area contributed by atoms with Crippen molar-refractivity contribution in [3.05, 3.63) is 66.4 Å². The number of hydrogen-bond donors (Lipinski definition) is 4. The number of nitrogens with one attached hydrogen (secondary N) is 4. The number of fused-ring (bicyclic) bond motifs is 1. The molecule has 12 nitrogen and oxygen atoms in total. The van der Waals surface area contributed by atoms with Crippen molar-refractivity contribution >= 4 is 49.8 Å². The summed E-state index contributed by atoms with van der Waals surface area (Å²) in [7, 11) is -0.587. The highest BCUT2D eigenvalue weighted by atomic mass is 32.2. The Hall–Kier alpha value is -4.62. The molecule has 0 saturated heterocycles. The number of anilines is 4. The van der Waals surface area contributed by atoms with Gasteiger partial charge in [0.25, 0.3) is 0 Å². The molecule has 3 aromatic carbocycles. The lowest BCUT2D eigenvalue weighted by molar-refractivity contribution is 0.210. The van der Waals surface area contributed by atoms with Crippen molar-refractivity contribution in [3.8, 4) is 17.4 Å². The van der Waals surface area contributed by atoms with Gasteiger partial charge in [-0.25, -0.2) is 18.2 Å². The number of amides is 2. The van der Waals surface area contributed by atoms with Gasteiger partial charge in [-0.1, -0.05) is 45.0 Å². The summed E-state index contributed by atoms with van der Waals surface area (Å²) in [6.45, 7) is 7.01. The number of ether oxygens (including phenoxy) is 3. The lowest BCUT2D eigenvalue weighted by Gasteiger charge is -2.24. The summed E-state index contributed by atoms with van der Waals surface area (Å²) in [6.07, 6.45) is 2.65. The van der Waals surface area contributed by atoms with Crippen LogP contribution in [0.3, 0.4) is 0 Å². The van der Waals surface area contributed by atoms with Crippen LogP contribution in [0.1, 0.15) is 26.3 Å². The van der Waals surface area contributed by atoms with Crippen LogP contribution in [0, 0.1) is 0 Å². The number of carbonyl (C=O) groups excluding carboxylic acids is 1. The van der Waals surface area contributed by atoms with Crippen molar-refractivity contribution in [2.75, 3.05) is 54.3 Å². The fraction of sp³-hybridized carbons (Fsp3) is 0.300. The maximum Gasteiger partial charge on any atom is 0.323 e. The molecule has 0 aliphatic rings. The third-order valence-electron chi connectivity index (χ3n) is 6.27. The Balaban J connectivity index is 1.61. The first kappa shape index (κ1) is 31.3. The Morgan fingerprint density at radius 1 is 0.930 bits per heavy atom. The van der Waals surface area contributed by atoms with E-state index in [4.69, 9.17) is 14.2 Å². The van der Waals surface area contributed by atoms with Crippen molar-refractivity contribution in [2.45, 2.75) is 26.2 Å². The van der Waals surface area contributed by atoms with Crippen molar-refractivity contribution in [3.63, 3.8) is 0 Å². The Kier molecular flexibility index (Phi) is 9.56. The summed E-state index contributed by atoms with van der Waals surface area (Å²) >= 11 is 0. The number of aromatic nitrogens is 2. The van der Waals surface area contributed by atoms with E-state index in [1.54, 1.807) is 43.6 Å². The molecule has 1 aromatic heterocycles. The molecular formula is C30H36N6O6S. The van der Waals surface area contributed by atoms with Crippen LogP contribution in [0.4, 0.5) is 27.8 Å². The first-order chi connectivity index (χ1) is 20.4. The Bertz CT molecular complexity index is 1720. The maximum absolute atomic E-state index is 13.3. The van der Waals surface area contributed by atoms with Crippen LogP contribution in [0.2, 0.25) is 0 Å². The summed E-state index contributed by atoms with van der Waals surface area (Å²) in [4.78, 5) is 21.9. The highest BCUT2D eigenvalue weighted by Gasteiger charge is 2.22. The van der Waals surface area contributed by atoms with Gasteiger partial charge in [0.15, 0.2) is 5.75 Å². The van der Waals surface area contributed by atoms with Gasteiger partial charge in [0.1, 0.15) is 5.75 Å². The smallest absolute Gasteiger partial charge is 0.323 e. The lowest BCUT2D eigenvalue weighted by Crippen LogP contribution is -2.22. The lowest BCUT2D eigenvalue weighted by atomic mass is 9.86. The normalized spacial score (nSPS) is 11.6. The van der Waals surface area contributed by atoms with Gasteiger partial charge >= 0.3 is 6.03 Å². The summed E-state index contributed by atoms with van der Waals surface area (Å²) in [5, 5.41) is 10.3. The highest BCUT2D eigenvalue weighted by Crippen LogP contribution is 2.39. The number of hydrogen-bond acceptors (Lipinski definition) is 9. The predicted molar refractivity (Wildman–Crippen MR) is 169 cm³/mol. The monoisotopic (exact) mass is 608 g/mol. The van der Waals surface area contributed by atoms with E-state index in [1.165, 1.54) is 7.11 Å². The molecule has 4 N–H and O–H groups in total. The van der Waals surface area contributed by atoms with Gasteiger partial charge in [-0.15, -0.1) is 0 Å². The van der Waals surface area contributed by atoms with Crippen LogP contribution >= 0.6 is 0 Å². The van der Waals surface area contributed by atoms with E-state index in [9.17, 15) is 13.2 Å². The molecule has 0 aliphatic heterocycles. The molecule has 0 atom stereocenters. The molecule has 1 heterocycles. The zero-order valence-corrected chi connectivity index (χ0v) is 25.8. The van der Waals surface area contributed by atoms with E-state index in [2.05, 4.69) is 30.6 Å². The predicted octanol–water partition coefficient (Wildman–Crippen LogP) is 5.80. The second kappa shape index (κ2) is 13.1. The largest absolute Gasteiger partial charge is 0.492 e. The molecule has 0 radical (unpaired) electrons.